The molecule has 1 N–H and O–H groups in total. The van der Waals surface area contributed by atoms with Crippen LogP contribution in [0.2, 0.25) is 0 Å². The van der Waals surface area contributed by atoms with Gasteiger partial charge in [0.1, 0.15) is 10.8 Å². The highest BCUT2D eigenvalue weighted by atomic mass is 32.1. The lowest BCUT2D eigenvalue weighted by molar-refractivity contribution is -0.115. The molecule has 0 spiro atoms. The van der Waals surface area contributed by atoms with Gasteiger partial charge in [-0.25, -0.2) is 14.4 Å². The third-order valence-electron chi connectivity index (χ3n) is 2.83. The van der Waals surface area contributed by atoms with E-state index >= 15 is 0 Å². The Balaban J connectivity index is 1.67. The highest BCUT2D eigenvalue weighted by molar-refractivity contribution is 7.14. The zero-order valence-corrected chi connectivity index (χ0v) is 13.3. The fourth-order valence-corrected chi connectivity index (χ4v) is 3.40. The maximum atomic E-state index is 13.2. The molecule has 0 fully saturated rings. The molecule has 22 heavy (non-hydrogen) atoms. The Hall–Kier alpha value is -2.12. The van der Waals surface area contributed by atoms with Gasteiger partial charge in [-0.1, -0.05) is 12.1 Å². The van der Waals surface area contributed by atoms with E-state index in [-0.39, 0.29) is 18.1 Å². The zero-order chi connectivity index (χ0) is 15.5. The van der Waals surface area contributed by atoms with Gasteiger partial charge < -0.3 is 5.32 Å². The number of rotatable bonds is 4. The van der Waals surface area contributed by atoms with E-state index in [0.717, 1.165) is 5.69 Å². The van der Waals surface area contributed by atoms with Crippen LogP contribution in [0.25, 0.3) is 10.6 Å². The summed E-state index contributed by atoms with van der Waals surface area (Å²) < 4.78 is 13.2. The molecular weight excluding hydrogens is 321 g/mol. The standard InChI is InChI=1S/C15H12FN3OS2/c1-9-7-22-15(17-9)19-13(20)6-12-8-21-14(18-12)10-3-2-4-11(16)5-10/h2-5,7-8H,6H2,1H3,(H,17,19,20). The number of thiazole rings is 2. The zero-order valence-electron chi connectivity index (χ0n) is 11.7. The number of anilines is 1. The first-order valence-corrected chi connectivity index (χ1v) is 8.28. The van der Waals surface area contributed by atoms with Crippen LogP contribution in [0.15, 0.2) is 35.0 Å². The maximum absolute atomic E-state index is 13.2. The summed E-state index contributed by atoms with van der Waals surface area (Å²) in [6.07, 6.45) is 0.171. The molecule has 0 aliphatic carbocycles. The summed E-state index contributed by atoms with van der Waals surface area (Å²) in [5, 5.41) is 7.72. The van der Waals surface area contributed by atoms with Crippen LogP contribution in [0.3, 0.4) is 0 Å². The van der Waals surface area contributed by atoms with Crippen LogP contribution in [0.5, 0.6) is 0 Å². The molecule has 0 saturated carbocycles. The van der Waals surface area contributed by atoms with Crippen LogP contribution in [0.1, 0.15) is 11.4 Å². The Kier molecular flexibility index (Phi) is 4.26. The normalized spacial score (nSPS) is 10.6. The molecule has 0 unspecified atom stereocenters. The van der Waals surface area contributed by atoms with E-state index < -0.39 is 0 Å². The van der Waals surface area contributed by atoms with Crippen molar-refractivity contribution in [3.8, 4) is 10.6 Å². The number of aromatic nitrogens is 2. The van der Waals surface area contributed by atoms with Gasteiger partial charge in [0.2, 0.25) is 5.91 Å². The Labute approximate surface area is 134 Å². The van der Waals surface area contributed by atoms with Crippen molar-refractivity contribution >= 4 is 33.7 Å². The summed E-state index contributed by atoms with van der Waals surface area (Å²) in [5.74, 6) is -0.462. The van der Waals surface area contributed by atoms with E-state index in [9.17, 15) is 9.18 Å². The molecule has 4 nitrogen and oxygen atoms in total. The number of hydrogen-bond donors (Lipinski definition) is 1. The molecule has 0 aliphatic rings. The van der Waals surface area contributed by atoms with Crippen LogP contribution < -0.4 is 5.32 Å². The number of nitrogens with zero attached hydrogens (tertiary/aromatic N) is 2. The number of hydrogen-bond acceptors (Lipinski definition) is 5. The first kappa shape index (κ1) is 14.8. The Morgan fingerprint density at radius 1 is 1.27 bits per heavy atom. The van der Waals surface area contributed by atoms with Crippen molar-refractivity contribution in [2.24, 2.45) is 0 Å². The smallest absolute Gasteiger partial charge is 0.232 e. The van der Waals surface area contributed by atoms with Crippen LogP contribution in [-0.2, 0) is 11.2 Å². The lowest BCUT2D eigenvalue weighted by Gasteiger charge is -1.99. The quantitative estimate of drug-likeness (QED) is 0.788. The van der Waals surface area contributed by atoms with Crippen molar-refractivity contribution in [2.45, 2.75) is 13.3 Å². The minimum absolute atomic E-state index is 0.162. The van der Waals surface area contributed by atoms with Crippen LogP contribution >= 0.6 is 22.7 Å². The van der Waals surface area contributed by atoms with Crippen molar-refractivity contribution in [1.29, 1.82) is 0 Å². The van der Waals surface area contributed by atoms with Gasteiger partial charge in [0, 0.05) is 16.3 Å². The summed E-state index contributed by atoms with van der Waals surface area (Å²) in [4.78, 5) is 20.5. The molecule has 0 aliphatic heterocycles. The van der Waals surface area contributed by atoms with E-state index in [2.05, 4.69) is 15.3 Å². The highest BCUT2D eigenvalue weighted by Gasteiger charge is 2.11. The predicted molar refractivity (Wildman–Crippen MR) is 86.7 cm³/mol. The monoisotopic (exact) mass is 333 g/mol. The second kappa shape index (κ2) is 6.33. The first-order chi connectivity index (χ1) is 10.6. The minimum atomic E-state index is -0.300. The number of nitrogens with one attached hydrogen (secondary N) is 1. The summed E-state index contributed by atoms with van der Waals surface area (Å²) in [5.41, 5.74) is 2.25. The molecule has 1 amide bonds. The maximum Gasteiger partial charge on any atom is 0.232 e. The number of benzene rings is 1. The molecule has 0 saturated heterocycles. The molecule has 2 heterocycles. The third-order valence-corrected chi connectivity index (χ3v) is 4.65. The van der Waals surface area contributed by atoms with E-state index in [1.54, 1.807) is 12.1 Å². The highest BCUT2D eigenvalue weighted by Crippen LogP contribution is 2.24. The fraction of sp³-hybridized carbons (Fsp3) is 0.133. The summed E-state index contributed by atoms with van der Waals surface area (Å²) >= 11 is 2.78. The Bertz CT molecular complexity index is 812. The van der Waals surface area contributed by atoms with Crippen molar-refractivity contribution < 1.29 is 9.18 Å². The number of amides is 1. The molecule has 0 radical (unpaired) electrons. The third kappa shape index (κ3) is 3.55. The number of halogens is 1. The fourth-order valence-electron chi connectivity index (χ4n) is 1.88. The van der Waals surface area contributed by atoms with Crippen molar-refractivity contribution in [2.75, 3.05) is 5.32 Å². The average Bonchev–Trinajstić information content (AvgIpc) is 3.08. The second-order valence-corrected chi connectivity index (χ2v) is 6.39. The average molecular weight is 333 g/mol. The summed E-state index contributed by atoms with van der Waals surface area (Å²) in [6.45, 7) is 1.87. The molecule has 2 aromatic heterocycles. The Morgan fingerprint density at radius 2 is 2.14 bits per heavy atom. The molecule has 3 rings (SSSR count). The van der Waals surface area contributed by atoms with Crippen molar-refractivity contribution in [3.63, 3.8) is 0 Å². The number of aryl methyl sites for hydroxylation is 1. The molecule has 7 heteroatoms. The number of carbonyl (C=O) groups is 1. The van der Waals surface area contributed by atoms with E-state index in [1.165, 1.54) is 34.8 Å². The van der Waals surface area contributed by atoms with Crippen LogP contribution in [0, 0.1) is 12.7 Å². The van der Waals surface area contributed by atoms with E-state index in [0.29, 0.717) is 21.4 Å². The van der Waals surface area contributed by atoms with Gasteiger partial charge in [0.05, 0.1) is 17.8 Å². The van der Waals surface area contributed by atoms with Gasteiger partial charge in [0.15, 0.2) is 5.13 Å². The summed E-state index contributed by atoms with van der Waals surface area (Å²) in [7, 11) is 0. The molecule has 0 bridgehead atoms. The Morgan fingerprint density at radius 3 is 2.86 bits per heavy atom. The largest absolute Gasteiger partial charge is 0.302 e. The minimum Gasteiger partial charge on any atom is -0.302 e. The topological polar surface area (TPSA) is 54.9 Å². The lowest BCUT2D eigenvalue weighted by Crippen LogP contribution is -2.14. The lowest BCUT2D eigenvalue weighted by atomic mass is 10.2. The molecule has 3 aromatic rings. The van der Waals surface area contributed by atoms with Crippen LogP contribution in [-0.4, -0.2) is 15.9 Å². The van der Waals surface area contributed by atoms with E-state index in [4.69, 9.17) is 0 Å². The SMILES string of the molecule is Cc1csc(NC(=O)Cc2csc(-c3cccc(F)c3)n2)n1. The predicted octanol–water partition coefficient (Wildman–Crippen LogP) is 3.90. The van der Waals surface area contributed by atoms with Crippen molar-refractivity contribution in [3.05, 3.63) is 52.2 Å². The van der Waals surface area contributed by atoms with Gasteiger partial charge in [-0.05, 0) is 19.1 Å². The van der Waals surface area contributed by atoms with E-state index in [1.807, 2.05) is 17.7 Å². The molecule has 1 aromatic carbocycles. The van der Waals surface area contributed by atoms with Gasteiger partial charge in [-0.15, -0.1) is 22.7 Å². The van der Waals surface area contributed by atoms with Gasteiger partial charge >= 0.3 is 0 Å². The molecule has 0 atom stereocenters. The summed E-state index contributed by atoms with van der Waals surface area (Å²) in [6, 6.07) is 6.26. The molecule has 112 valence electrons. The molecular formula is C15H12FN3OS2. The van der Waals surface area contributed by atoms with Gasteiger partial charge in [-0.2, -0.15) is 0 Å². The van der Waals surface area contributed by atoms with Gasteiger partial charge in [-0.3, -0.25) is 4.79 Å². The van der Waals surface area contributed by atoms with Gasteiger partial charge in [0.25, 0.3) is 0 Å². The van der Waals surface area contributed by atoms with Crippen molar-refractivity contribution in [1.82, 2.24) is 9.97 Å². The number of carbonyl (C=O) groups excluding carboxylic acids is 1. The first-order valence-electron chi connectivity index (χ1n) is 6.52. The second-order valence-electron chi connectivity index (χ2n) is 4.67. The van der Waals surface area contributed by atoms with Crippen LogP contribution in [0.4, 0.5) is 9.52 Å².